The molecule has 3 rings (SSSR count). The number of nitrogens with one attached hydrogen (secondary N) is 1. The van der Waals surface area contributed by atoms with Crippen molar-refractivity contribution in [2.45, 2.75) is 50.3 Å². The van der Waals surface area contributed by atoms with Gasteiger partial charge < -0.3 is 41.2 Å². The molecule has 1 fully saturated rings. The van der Waals surface area contributed by atoms with Gasteiger partial charge in [-0.2, -0.15) is 0 Å². The van der Waals surface area contributed by atoms with Crippen LogP contribution in [-0.4, -0.2) is 79.7 Å². The lowest BCUT2D eigenvalue weighted by Gasteiger charge is -2.24. The fourth-order valence-corrected chi connectivity index (χ4v) is 3.65. The molecule has 29 heavy (non-hydrogen) atoms. The Morgan fingerprint density at radius 2 is 2.14 bits per heavy atom. The molecule has 6 atom stereocenters. The van der Waals surface area contributed by atoms with E-state index in [1.165, 1.54) is 17.2 Å². The van der Waals surface area contributed by atoms with E-state index in [4.69, 9.17) is 10.5 Å². The lowest BCUT2D eigenvalue weighted by atomic mass is 10.1. The summed E-state index contributed by atoms with van der Waals surface area (Å²) in [6.45, 7) is 3.74. The number of carboxylic acid groups (broad SMARTS) is 1. The van der Waals surface area contributed by atoms with Crippen molar-refractivity contribution in [3.05, 3.63) is 12.7 Å². The molecule has 0 bridgehead atoms. The van der Waals surface area contributed by atoms with Crippen LogP contribution in [0.1, 0.15) is 26.0 Å². The van der Waals surface area contributed by atoms with Gasteiger partial charge in [0.1, 0.15) is 42.7 Å². The first-order valence-corrected chi connectivity index (χ1v) is 9.65. The van der Waals surface area contributed by atoms with Gasteiger partial charge in [0.15, 0.2) is 17.7 Å². The maximum Gasteiger partial charge on any atom is 0.167 e. The van der Waals surface area contributed by atoms with Crippen LogP contribution >= 0.6 is 0 Å². The smallest absolute Gasteiger partial charge is 0.167 e. The number of aliphatic hydroxyl groups excluding tert-OH is 2. The molecule has 0 amide bonds. The number of carbonyl (C=O) groups excluding carboxylic acids is 1. The lowest BCUT2D eigenvalue weighted by Crippen LogP contribution is -3.13. The van der Waals surface area contributed by atoms with Gasteiger partial charge in [0.2, 0.25) is 0 Å². The van der Waals surface area contributed by atoms with E-state index in [0.29, 0.717) is 30.7 Å². The molecule has 0 saturated carbocycles. The minimum Gasteiger partial charge on any atom is -0.544 e. The van der Waals surface area contributed by atoms with Crippen LogP contribution in [0.15, 0.2) is 12.7 Å². The predicted molar refractivity (Wildman–Crippen MR) is 97.8 cm³/mol. The number of quaternary nitrogens is 2. The van der Waals surface area contributed by atoms with Crippen molar-refractivity contribution >= 4 is 23.0 Å². The van der Waals surface area contributed by atoms with E-state index in [1.54, 1.807) is 0 Å². The highest BCUT2D eigenvalue weighted by Crippen LogP contribution is 2.31. The maximum absolute atomic E-state index is 10.9. The Hall–Kier alpha value is -2.38. The van der Waals surface area contributed by atoms with Crippen LogP contribution in [0, 0.1) is 0 Å². The van der Waals surface area contributed by atoms with Gasteiger partial charge in [0.25, 0.3) is 0 Å². The van der Waals surface area contributed by atoms with Crippen molar-refractivity contribution in [3.63, 3.8) is 0 Å². The molecule has 1 aliphatic rings. The summed E-state index contributed by atoms with van der Waals surface area (Å²) in [5, 5.41) is 32.0. The number of aliphatic carboxylic acids is 1. The van der Waals surface area contributed by atoms with Crippen LogP contribution in [0.2, 0.25) is 0 Å². The van der Waals surface area contributed by atoms with Gasteiger partial charge in [0.05, 0.1) is 31.8 Å². The monoisotopic (exact) mass is 410 g/mol. The first kappa shape index (κ1) is 21.3. The van der Waals surface area contributed by atoms with Crippen molar-refractivity contribution in [1.29, 1.82) is 0 Å². The van der Waals surface area contributed by atoms with Crippen molar-refractivity contribution in [1.82, 2.24) is 19.5 Å². The standard InChI is InChI=1S/C17H27N7O5/c1-2-4-23(5-3-9(18)17(27)28)6-10-12(25)13(26)16(29-10)24-8-22-11-14(19)20-7-21-15(11)24/h7-10,12-13,16,25-26H,2-6,18H2,1H3,(H,27,28)(H2,19,20,21)/p+1/t9-,10+,12?,13-,16+/m0/s1. The van der Waals surface area contributed by atoms with E-state index in [1.807, 2.05) is 6.92 Å². The predicted octanol–water partition coefficient (Wildman–Crippen LogP) is -4.93. The fourth-order valence-electron chi connectivity index (χ4n) is 3.65. The third-order valence-electron chi connectivity index (χ3n) is 5.27. The molecule has 3 heterocycles. The molecule has 12 nitrogen and oxygen atoms in total. The van der Waals surface area contributed by atoms with Gasteiger partial charge in [-0.3, -0.25) is 4.57 Å². The average Bonchev–Trinajstić information content (AvgIpc) is 3.23. The zero-order chi connectivity index (χ0) is 21.1. The highest BCUT2D eigenvalue weighted by Gasteiger charge is 2.46. The molecule has 0 aromatic carbocycles. The molecule has 1 saturated heterocycles. The number of nitrogen functional groups attached to an aromatic ring is 1. The number of hydrogen-bond donors (Lipinski definition) is 5. The minimum atomic E-state index is -1.18. The molecule has 12 heteroatoms. The summed E-state index contributed by atoms with van der Waals surface area (Å²) < 4.78 is 7.50. The van der Waals surface area contributed by atoms with Gasteiger partial charge in [-0.05, 0) is 6.42 Å². The zero-order valence-electron chi connectivity index (χ0n) is 16.3. The third kappa shape index (κ3) is 4.46. The number of carbonyl (C=O) groups is 1. The number of ether oxygens (including phenoxy) is 1. The number of aromatic nitrogens is 4. The number of anilines is 1. The molecular formula is C17H28N7O5+. The van der Waals surface area contributed by atoms with Crippen molar-refractivity contribution < 1.29 is 35.5 Å². The Bertz CT molecular complexity index is 847. The third-order valence-corrected chi connectivity index (χ3v) is 5.27. The second kappa shape index (κ2) is 8.97. The molecule has 2 unspecified atom stereocenters. The van der Waals surface area contributed by atoms with E-state index in [-0.39, 0.29) is 5.82 Å². The summed E-state index contributed by atoms with van der Waals surface area (Å²) in [5.41, 5.74) is 10.2. The second-order valence-corrected chi connectivity index (χ2v) is 7.39. The van der Waals surface area contributed by atoms with Gasteiger partial charge >= 0.3 is 0 Å². The van der Waals surface area contributed by atoms with E-state index in [2.05, 4.69) is 20.7 Å². The Labute approximate surface area is 167 Å². The molecule has 1 aliphatic heterocycles. The van der Waals surface area contributed by atoms with Gasteiger partial charge in [-0.15, -0.1) is 0 Å². The van der Waals surface area contributed by atoms with E-state index >= 15 is 0 Å². The van der Waals surface area contributed by atoms with E-state index < -0.39 is 36.6 Å². The van der Waals surface area contributed by atoms with Crippen molar-refractivity contribution in [2.24, 2.45) is 0 Å². The average molecular weight is 410 g/mol. The lowest BCUT2D eigenvalue weighted by molar-refractivity contribution is -0.904. The molecule has 0 radical (unpaired) electrons. The molecule has 0 spiro atoms. The minimum absolute atomic E-state index is 0.215. The quantitative estimate of drug-likeness (QED) is 0.269. The largest absolute Gasteiger partial charge is 0.544 e. The Kier molecular flexibility index (Phi) is 6.59. The van der Waals surface area contributed by atoms with E-state index in [0.717, 1.165) is 17.9 Å². The number of imidazole rings is 1. The van der Waals surface area contributed by atoms with Crippen LogP contribution in [0.5, 0.6) is 0 Å². The molecule has 8 N–H and O–H groups in total. The summed E-state index contributed by atoms with van der Waals surface area (Å²) >= 11 is 0. The van der Waals surface area contributed by atoms with Crippen LogP contribution < -0.4 is 21.5 Å². The van der Waals surface area contributed by atoms with Crippen molar-refractivity contribution in [3.8, 4) is 0 Å². The number of fused-ring (bicyclic) bond motifs is 1. The summed E-state index contributed by atoms with van der Waals surface area (Å²) in [6.07, 6.45) is 0.169. The molecule has 2 aromatic heterocycles. The highest BCUT2D eigenvalue weighted by molar-refractivity contribution is 5.81. The van der Waals surface area contributed by atoms with Crippen LogP contribution in [0.25, 0.3) is 11.2 Å². The zero-order valence-corrected chi connectivity index (χ0v) is 16.3. The first-order valence-electron chi connectivity index (χ1n) is 9.65. The summed E-state index contributed by atoms with van der Waals surface area (Å²) in [5.74, 6) is -0.964. The number of aliphatic hydroxyl groups is 2. The summed E-state index contributed by atoms with van der Waals surface area (Å²) in [4.78, 5) is 24.2. The molecule has 0 aliphatic carbocycles. The molecule has 2 aromatic rings. The topological polar surface area (TPSA) is 192 Å². The van der Waals surface area contributed by atoms with Crippen LogP contribution in [0.3, 0.4) is 0 Å². The van der Waals surface area contributed by atoms with Crippen molar-refractivity contribution in [2.75, 3.05) is 25.4 Å². The van der Waals surface area contributed by atoms with Crippen LogP contribution in [-0.2, 0) is 9.53 Å². The number of hydrogen-bond acceptors (Lipinski definition) is 9. The highest BCUT2D eigenvalue weighted by atomic mass is 16.6. The molecular weight excluding hydrogens is 382 g/mol. The SMILES string of the molecule is CCC[NH+](CC[C@H]([NH3+])C(=O)[O-])C[C@H]1O[C@@H](n2cnc3c(N)ncnc32)[C@@H](O)C1O. The van der Waals surface area contributed by atoms with Crippen LogP contribution in [0.4, 0.5) is 5.82 Å². The normalized spacial score (nSPS) is 26.6. The Morgan fingerprint density at radius 3 is 2.83 bits per heavy atom. The fraction of sp³-hybridized carbons (Fsp3) is 0.647. The van der Waals surface area contributed by atoms with Gasteiger partial charge in [0, 0.05) is 0 Å². The molecule has 160 valence electrons. The van der Waals surface area contributed by atoms with E-state index in [9.17, 15) is 20.1 Å². The number of rotatable bonds is 9. The first-order chi connectivity index (χ1) is 13.8. The number of nitrogens with zero attached hydrogens (tertiary/aromatic N) is 4. The number of carboxylic acids is 1. The summed E-state index contributed by atoms with van der Waals surface area (Å²) in [7, 11) is 0. The van der Waals surface area contributed by atoms with Gasteiger partial charge in [-0.25, -0.2) is 15.0 Å². The second-order valence-electron chi connectivity index (χ2n) is 7.39. The Balaban J connectivity index is 1.72. The van der Waals surface area contributed by atoms with Gasteiger partial charge in [-0.1, -0.05) is 6.92 Å². The number of nitrogens with two attached hydrogens (primary N) is 1. The Morgan fingerprint density at radius 1 is 1.38 bits per heavy atom. The maximum atomic E-state index is 10.9. The summed E-state index contributed by atoms with van der Waals surface area (Å²) in [6, 6.07) is -0.794.